The van der Waals surface area contributed by atoms with Gasteiger partial charge in [-0.1, -0.05) is 48.0 Å². The number of nitrogens with one attached hydrogen (secondary N) is 1. The highest BCUT2D eigenvalue weighted by atomic mass is 32.1. The molecule has 0 fully saturated rings. The summed E-state index contributed by atoms with van der Waals surface area (Å²) in [6.07, 6.45) is 2.01. The molecular formula is C22H19N3O2S. The largest absolute Gasteiger partial charge is 0.302 e. The van der Waals surface area contributed by atoms with Crippen LogP contribution in [0.3, 0.4) is 0 Å². The summed E-state index contributed by atoms with van der Waals surface area (Å²) in [5.41, 5.74) is 3.88. The summed E-state index contributed by atoms with van der Waals surface area (Å²) in [5, 5.41) is 6.25. The highest BCUT2D eigenvalue weighted by molar-refractivity contribution is 7.14. The Balaban J connectivity index is 1.36. The number of nitrogens with zero attached hydrogens (tertiary/aromatic N) is 2. The molecule has 0 aliphatic heterocycles. The van der Waals surface area contributed by atoms with E-state index < -0.39 is 0 Å². The number of benzene rings is 2. The Morgan fingerprint density at radius 3 is 2.64 bits per heavy atom. The van der Waals surface area contributed by atoms with E-state index in [-0.39, 0.29) is 24.7 Å². The fraction of sp³-hybridized carbons (Fsp3) is 0.136. The number of hydrogen-bond donors (Lipinski definition) is 1. The number of hydrogen-bond acceptors (Lipinski definition) is 4. The first-order valence-electron chi connectivity index (χ1n) is 9.02. The Morgan fingerprint density at radius 2 is 1.82 bits per heavy atom. The van der Waals surface area contributed by atoms with E-state index in [1.54, 1.807) is 10.8 Å². The lowest BCUT2D eigenvalue weighted by Crippen LogP contribution is -2.16. The zero-order valence-corrected chi connectivity index (χ0v) is 16.2. The maximum atomic E-state index is 12.5. The van der Waals surface area contributed by atoms with Gasteiger partial charge in [0.1, 0.15) is 0 Å². The summed E-state index contributed by atoms with van der Waals surface area (Å²) in [6.45, 7) is 2.04. The molecule has 0 aliphatic carbocycles. The van der Waals surface area contributed by atoms with Crippen LogP contribution in [0.1, 0.15) is 23.2 Å². The minimum atomic E-state index is -0.213. The van der Waals surface area contributed by atoms with E-state index in [4.69, 9.17) is 0 Å². The standard InChI is InChI=1S/C22H19N3O2S/c1-15-6-8-16(9-7-15)18-14-28-22(23-18)24-20(26)10-11-21(27)25-13-12-17-4-2-3-5-19(17)25/h2-9,12-14H,10-11H2,1H3,(H,23,24,26). The molecule has 0 saturated carbocycles. The maximum absolute atomic E-state index is 12.5. The van der Waals surface area contributed by atoms with Crippen LogP contribution in [0, 0.1) is 6.92 Å². The highest BCUT2D eigenvalue weighted by Gasteiger charge is 2.13. The minimum absolute atomic E-state index is 0.101. The van der Waals surface area contributed by atoms with Gasteiger partial charge in [0.25, 0.3) is 0 Å². The fourth-order valence-electron chi connectivity index (χ4n) is 3.01. The molecule has 4 rings (SSSR count). The fourth-order valence-corrected chi connectivity index (χ4v) is 3.75. The van der Waals surface area contributed by atoms with Crippen molar-refractivity contribution >= 4 is 39.2 Å². The molecule has 2 aromatic carbocycles. The number of para-hydroxylation sites is 1. The van der Waals surface area contributed by atoms with Crippen LogP contribution in [-0.4, -0.2) is 21.4 Å². The number of thiazole rings is 1. The van der Waals surface area contributed by atoms with Crippen LogP contribution in [0.25, 0.3) is 22.2 Å². The van der Waals surface area contributed by atoms with Gasteiger partial charge >= 0.3 is 0 Å². The smallest absolute Gasteiger partial charge is 0.231 e. The summed E-state index contributed by atoms with van der Waals surface area (Å²) in [6, 6.07) is 17.7. The van der Waals surface area contributed by atoms with E-state index in [1.165, 1.54) is 16.9 Å². The Morgan fingerprint density at radius 1 is 1.04 bits per heavy atom. The maximum Gasteiger partial charge on any atom is 0.231 e. The van der Waals surface area contributed by atoms with Crippen molar-refractivity contribution in [3.63, 3.8) is 0 Å². The van der Waals surface area contributed by atoms with Crippen molar-refractivity contribution < 1.29 is 9.59 Å². The zero-order chi connectivity index (χ0) is 19.5. The summed E-state index contributed by atoms with van der Waals surface area (Å²) in [5.74, 6) is -0.314. The second-order valence-electron chi connectivity index (χ2n) is 6.59. The molecule has 0 aliphatic rings. The van der Waals surface area contributed by atoms with Crippen molar-refractivity contribution in [1.82, 2.24) is 9.55 Å². The van der Waals surface area contributed by atoms with Crippen LogP contribution in [0.2, 0.25) is 0 Å². The Hall–Kier alpha value is -3.25. The van der Waals surface area contributed by atoms with Crippen LogP contribution in [0.4, 0.5) is 5.13 Å². The van der Waals surface area contributed by atoms with E-state index in [1.807, 2.05) is 66.9 Å². The summed E-state index contributed by atoms with van der Waals surface area (Å²) in [4.78, 5) is 29.2. The monoisotopic (exact) mass is 389 g/mol. The van der Waals surface area contributed by atoms with Crippen LogP contribution >= 0.6 is 11.3 Å². The summed E-state index contributed by atoms with van der Waals surface area (Å²) in [7, 11) is 0. The molecular weight excluding hydrogens is 370 g/mol. The van der Waals surface area contributed by atoms with Gasteiger partial charge in [0.15, 0.2) is 5.13 Å². The molecule has 0 atom stereocenters. The normalized spacial score (nSPS) is 10.9. The van der Waals surface area contributed by atoms with Crippen molar-refractivity contribution in [1.29, 1.82) is 0 Å². The average molecular weight is 389 g/mol. The SMILES string of the molecule is Cc1ccc(-c2csc(NC(=O)CCC(=O)n3ccc4ccccc43)n2)cc1. The molecule has 0 radical (unpaired) electrons. The molecule has 0 saturated heterocycles. The predicted molar refractivity (Wildman–Crippen MR) is 113 cm³/mol. The average Bonchev–Trinajstić information content (AvgIpc) is 3.34. The highest BCUT2D eigenvalue weighted by Crippen LogP contribution is 2.25. The number of aromatic nitrogens is 2. The predicted octanol–water partition coefficient (Wildman–Crippen LogP) is 5.13. The van der Waals surface area contributed by atoms with Gasteiger partial charge in [-0.2, -0.15) is 0 Å². The lowest BCUT2D eigenvalue weighted by atomic mass is 10.1. The van der Waals surface area contributed by atoms with Crippen molar-refractivity contribution in [2.45, 2.75) is 19.8 Å². The minimum Gasteiger partial charge on any atom is -0.302 e. The van der Waals surface area contributed by atoms with Gasteiger partial charge < -0.3 is 5.32 Å². The molecule has 6 heteroatoms. The zero-order valence-electron chi connectivity index (χ0n) is 15.4. The summed E-state index contributed by atoms with van der Waals surface area (Å²) >= 11 is 1.38. The second-order valence-corrected chi connectivity index (χ2v) is 7.45. The summed E-state index contributed by atoms with van der Waals surface area (Å²) < 4.78 is 1.60. The third-order valence-electron chi connectivity index (χ3n) is 4.53. The van der Waals surface area contributed by atoms with E-state index in [0.717, 1.165) is 22.2 Å². The third kappa shape index (κ3) is 3.87. The number of fused-ring (bicyclic) bond motifs is 1. The number of carbonyl (C=O) groups excluding carboxylic acids is 2. The number of aryl methyl sites for hydroxylation is 1. The van der Waals surface area contributed by atoms with Crippen molar-refractivity contribution in [2.24, 2.45) is 0 Å². The van der Waals surface area contributed by atoms with Crippen molar-refractivity contribution in [3.05, 3.63) is 71.7 Å². The van der Waals surface area contributed by atoms with Crippen molar-refractivity contribution in [2.75, 3.05) is 5.32 Å². The molecule has 4 aromatic rings. The molecule has 28 heavy (non-hydrogen) atoms. The molecule has 0 spiro atoms. The second kappa shape index (κ2) is 7.78. The molecule has 1 amide bonds. The quantitative estimate of drug-likeness (QED) is 0.514. The third-order valence-corrected chi connectivity index (χ3v) is 5.29. The molecule has 1 N–H and O–H groups in total. The lowest BCUT2D eigenvalue weighted by Gasteiger charge is -2.04. The molecule has 0 bridgehead atoms. The van der Waals surface area contributed by atoms with Crippen LogP contribution < -0.4 is 5.32 Å². The number of amides is 1. The van der Waals surface area contributed by atoms with Gasteiger partial charge in [0.05, 0.1) is 11.2 Å². The first-order valence-corrected chi connectivity index (χ1v) is 9.90. The van der Waals surface area contributed by atoms with Crippen LogP contribution in [0.5, 0.6) is 0 Å². The van der Waals surface area contributed by atoms with Gasteiger partial charge in [0, 0.05) is 35.4 Å². The molecule has 140 valence electrons. The first-order chi connectivity index (χ1) is 13.6. The Bertz CT molecular complexity index is 1140. The number of carbonyl (C=O) groups is 2. The van der Waals surface area contributed by atoms with Gasteiger partial charge in [-0.15, -0.1) is 11.3 Å². The van der Waals surface area contributed by atoms with E-state index in [2.05, 4.69) is 10.3 Å². The first kappa shape index (κ1) is 18.1. The van der Waals surface area contributed by atoms with Gasteiger partial charge in [-0.25, -0.2) is 4.98 Å². The van der Waals surface area contributed by atoms with Crippen molar-refractivity contribution in [3.8, 4) is 11.3 Å². The van der Waals surface area contributed by atoms with Crippen LogP contribution in [0.15, 0.2) is 66.2 Å². The van der Waals surface area contributed by atoms with E-state index >= 15 is 0 Å². The van der Waals surface area contributed by atoms with Gasteiger partial charge in [-0.3, -0.25) is 14.2 Å². The van der Waals surface area contributed by atoms with E-state index in [0.29, 0.717) is 5.13 Å². The molecule has 5 nitrogen and oxygen atoms in total. The Kier molecular flexibility index (Phi) is 5.04. The molecule has 0 unspecified atom stereocenters. The number of anilines is 1. The molecule has 2 aromatic heterocycles. The van der Waals surface area contributed by atoms with Gasteiger partial charge in [-0.05, 0) is 19.1 Å². The lowest BCUT2D eigenvalue weighted by molar-refractivity contribution is -0.116. The van der Waals surface area contributed by atoms with E-state index in [9.17, 15) is 9.59 Å². The van der Waals surface area contributed by atoms with Crippen LogP contribution in [-0.2, 0) is 4.79 Å². The topological polar surface area (TPSA) is 64.0 Å². The Labute approximate surface area is 166 Å². The van der Waals surface area contributed by atoms with Gasteiger partial charge in [0.2, 0.25) is 11.8 Å². The number of rotatable bonds is 5. The molecule has 2 heterocycles.